The molecule has 0 radical (unpaired) electrons. The van der Waals surface area contributed by atoms with Crippen LogP contribution >= 0.6 is 0 Å². The van der Waals surface area contributed by atoms with E-state index in [-0.39, 0.29) is 17.8 Å². The molecular weight excluding hydrogens is 293 g/mol. The van der Waals surface area contributed by atoms with E-state index in [9.17, 15) is 9.18 Å². The quantitative estimate of drug-likeness (QED) is 0.947. The SMILES string of the molecule is O=C(N[C@H]1CCc2nccn2C1)C1(c2cccc(F)c2)CCC1. The highest BCUT2D eigenvalue weighted by atomic mass is 19.1. The summed E-state index contributed by atoms with van der Waals surface area (Å²) in [5.74, 6) is 0.851. The molecule has 1 fully saturated rings. The summed E-state index contributed by atoms with van der Waals surface area (Å²) in [6, 6.07) is 6.62. The second-order valence-electron chi connectivity index (χ2n) is 6.65. The Morgan fingerprint density at radius 2 is 2.26 bits per heavy atom. The van der Waals surface area contributed by atoms with Crippen LogP contribution in [0, 0.1) is 5.82 Å². The lowest BCUT2D eigenvalue weighted by molar-refractivity contribution is -0.130. The molecular formula is C18H20FN3O. The first-order chi connectivity index (χ1) is 11.2. The van der Waals surface area contributed by atoms with E-state index in [1.54, 1.807) is 12.3 Å². The minimum absolute atomic E-state index is 0.0444. The van der Waals surface area contributed by atoms with Crippen LogP contribution in [0.4, 0.5) is 4.39 Å². The number of hydrogen-bond acceptors (Lipinski definition) is 2. The molecule has 1 amide bonds. The summed E-state index contributed by atoms with van der Waals surface area (Å²) in [5.41, 5.74) is 0.262. The van der Waals surface area contributed by atoms with Crippen LogP contribution in [0.3, 0.4) is 0 Å². The molecule has 120 valence electrons. The van der Waals surface area contributed by atoms with Gasteiger partial charge < -0.3 is 9.88 Å². The van der Waals surface area contributed by atoms with Gasteiger partial charge in [-0.25, -0.2) is 9.37 Å². The van der Waals surface area contributed by atoms with Gasteiger partial charge in [-0.1, -0.05) is 18.6 Å². The number of halogens is 1. The fourth-order valence-electron chi connectivity index (χ4n) is 3.77. The molecule has 2 aromatic rings. The van der Waals surface area contributed by atoms with E-state index >= 15 is 0 Å². The van der Waals surface area contributed by atoms with Crippen LogP contribution in [0.25, 0.3) is 0 Å². The van der Waals surface area contributed by atoms with E-state index < -0.39 is 5.41 Å². The molecule has 2 aliphatic rings. The summed E-state index contributed by atoms with van der Waals surface area (Å²) in [6.45, 7) is 0.764. The number of carbonyl (C=O) groups is 1. The van der Waals surface area contributed by atoms with Crippen molar-refractivity contribution >= 4 is 5.91 Å². The molecule has 4 nitrogen and oxygen atoms in total. The highest BCUT2D eigenvalue weighted by Crippen LogP contribution is 2.44. The van der Waals surface area contributed by atoms with E-state index in [4.69, 9.17) is 0 Å². The lowest BCUT2D eigenvalue weighted by atomic mass is 9.63. The maximum atomic E-state index is 13.6. The molecule has 0 spiro atoms. The van der Waals surface area contributed by atoms with Crippen LogP contribution in [0.1, 0.15) is 37.1 Å². The lowest BCUT2D eigenvalue weighted by Crippen LogP contribution is -2.53. The third-order valence-corrected chi connectivity index (χ3v) is 5.29. The van der Waals surface area contributed by atoms with Crippen molar-refractivity contribution in [3.63, 3.8) is 0 Å². The van der Waals surface area contributed by atoms with Crippen molar-refractivity contribution in [3.05, 3.63) is 53.9 Å². The third-order valence-electron chi connectivity index (χ3n) is 5.29. The maximum absolute atomic E-state index is 13.6. The van der Waals surface area contributed by atoms with Gasteiger partial charge in [0.05, 0.1) is 5.41 Å². The molecule has 1 aromatic heterocycles. The number of hydrogen-bond donors (Lipinski definition) is 1. The van der Waals surface area contributed by atoms with E-state index in [1.165, 1.54) is 12.1 Å². The Morgan fingerprint density at radius 3 is 3.00 bits per heavy atom. The number of rotatable bonds is 3. The van der Waals surface area contributed by atoms with Crippen molar-refractivity contribution in [1.82, 2.24) is 14.9 Å². The van der Waals surface area contributed by atoms with Gasteiger partial charge >= 0.3 is 0 Å². The first-order valence-corrected chi connectivity index (χ1v) is 8.24. The van der Waals surface area contributed by atoms with Crippen molar-refractivity contribution < 1.29 is 9.18 Å². The fourth-order valence-corrected chi connectivity index (χ4v) is 3.77. The molecule has 1 N–H and O–H groups in total. The van der Waals surface area contributed by atoms with E-state index in [0.29, 0.717) is 0 Å². The molecule has 1 aliphatic carbocycles. The first kappa shape index (κ1) is 14.4. The smallest absolute Gasteiger partial charge is 0.230 e. The van der Waals surface area contributed by atoms with Crippen molar-refractivity contribution in [3.8, 4) is 0 Å². The van der Waals surface area contributed by atoms with Gasteiger partial charge in [0.25, 0.3) is 0 Å². The third kappa shape index (κ3) is 2.44. The van der Waals surface area contributed by atoms with Gasteiger partial charge in [0, 0.05) is 31.4 Å². The standard InChI is InChI=1S/C18H20FN3O/c19-14-4-1-3-13(11-14)18(7-2-8-18)17(23)21-15-5-6-16-20-9-10-22(16)12-15/h1,3-4,9-11,15H,2,5-8,12H2,(H,21,23)/t15-/m0/s1. The van der Waals surface area contributed by atoms with Gasteiger partial charge in [-0.3, -0.25) is 4.79 Å². The Morgan fingerprint density at radius 1 is 1.39 bits per heavy atom. The van der Waals surface area contributed by atoms with Crippen molar-refractivity contribution in [2.75, 3.05) is 0 Å². The largest absolute Gasteiger partial charge is 0.351 e. The lowest BCUT2D eigenvalue weighted by Gasteiger charge is -2.42. The van der Waals surface area contributed by atoms with E-state index in [2.05, 4.69) is 14.9 Å². The van der Waals surface area contributed by atoms with Crippen LogP contribution in [-0.2, 0) is 23.2 Å². The van der Waals surface area contributed by atoms with Gasteiger partial charge in [0.15, 0.2) is 0 Å². The van der Waals surface area contributed by atoms with Crippen LogP contribution in [0.15, 0.2) is 36.7 Å². The zero-order chi connectivity index (χ0) is 15.9. The molecule has 23 heavy (non-hydrogen) atoms. The number of nitrogens with one attached hydrogen (secondary N) is 1. The zero-order valence-corrected chi connectivity index (χ0v) is 13.0. The number of benzene rings is 1. The highest BCUT2D eigenvalue weighted by Gasteiger charge is 2.46. The monoisotopic (exact) mass is 313 g/mol. The normalized spacial score (nSPS) is 22.0. The predicted molar refractivity (Wildman–Crippen MR) is 84.4 cm³/mol. The highest BCUT2D eigenvalue weighted by molar-refractivity contribution is 5.89. The summed E-state index contributed by atoms with van der Waals surface area (Å²) in [6.07, 6.45) is 8.16. The fraction of sp³-hybridized carbons (Fsp3) is 0.444. The number of carbonyl (C=O) groups excluding carboxylic acids is 1. The van der Waals surface area contributed by atoms with Crippen molar-refractivity contribution in [2.45, 2.75) is 50.1 Å². The molecule has 0 bridgehead atoms. The first-order valence-electron chi connectivity index (χ1n) is 8.24. The molecule has 1 aromatic carbocycles. The Kier molecular flexibility index (Phi) is 3.43. The number of amides is 1. The van der Waals surface area contributed by atoms with E-state index in [0.717, 1.165) is 50.0 Å². The molecule has 0 saturated heterocycles. The van der Waals surface area contributed by atoms with Gasteiger partial charge in [-0.15, -0.1) is 0 Å². The molecule has 1 atom stereocenters. The van der Waals surface area contributed by atoms with Crippen LogP contribution < -0.4 is 5.32 Å². The molecule has 5 heteroatoms. The number of nitrogens with zero attached hydrogens (tertiary/aromatic N) is 2. The zero-order valence-electron chi connectivity index (χ0n) is 13.0. The van der Waals surface area contributed by atoms with Crippen LogP contribution in [-0.4, -0.2) is 21.5 Å². The average Bonchev–Trinajstić information content (AvgIpc) is 2.93. The topological polar surface area (TPSA) is 46.9 Å². The minimum atomic E-state index is -0.544. The van der Waals surface area contributed by atoms with Crippen LogP contribution in [0.2, 0.25) is 0 Å². The molecule has 2 heterocycles. The summed E-state index contributed by atoms with van der Waals surface area (Å²) in [4.78, 5) is 17.2. The Labute approximate surface area is 134 Å². The second-order valence-corrected chi connectivity index (χ2v) is 6.65. The number of imidazole rings is 1. The summed E-state index contributed by atoms with van der Waals surface area (Å²) >= 11 is 0. The molecule has 0 unspecified atom stereocenters. The van der Waals surface area contributed by atoms with Crippen LogP contribution in [0.5, 0.6) is 0 Å². The molecule has 1 aliphatic heterocycles. The van der Waals surface area contributed by atoms with Gasteiger partial charge in [-0.2, -0.15) is 0 Å². The summed E-state index contributed by atoms with van der Waals surface area (Å²) in [5, 5.41) is 3.20. The van der Waals surface area contributed by atoms with Crippen molar-refractivity contribution in [1.29, 1.82) is 0 Å². The number of aryl methyl sites for hydroxylation is 1. The summed E-state index contributed by atoms with van der Waals surface area (Å²) in [7, 11) is 0. The maximum Gasteiger partial charge on any atom is 0.230 e. The molecule has 1 saturated carbocycles. The molecule has 4 rings (SSSR count). The Hall–Kier alpha value is -2.17. The van der Waals surface area contributed by atoms with E-state index in [1.807, 2.05) is 12.3 Å². The van der Waals surface area contributed by atoms with Gasteiger partial charge in [-0.05, 0) is 37.0 Å². The number of aromatic nitrogens is 2. The second kappa shape index (κ2) is 5.48. The average molecular weight is 313 g/mol. The Bertz CT molecular complexity index is 735. The predicted octanol–water partition coefficient (Wildman–Crippen LogP) is 2.58. The van der Waals surface area contributed by atoms with Gasteiger partial charge in [0.1, 0.15) is 11.6 Å². The van der Waals surface area contributed by atoms with Gasteiger partial charge in [0.2, 0.25) is 5.91 Å². The van der Waals surface area contributed by atoms with Crippen molar-refractivity contribution in [2.24, 2.45) is 0 Å². The number of fused-ring (bicyclic) bond motifs is 1. The Balaban J connectivity index is 1.52. The summed E-state index contributed by atoms with van der Waals surface area (Å²) < 4.78 is 15.7. The minimum Gasteiger partial charge on any atom is -0.351 e.